The van der Waals surface area contributed by atoms with Gasteiger partial charge in [0, 0.05) is 17.1 Å². The first-order valence-corrected chi connectivity index (χ1v) is 6.98. The first-order chi connectivity index (χ1) is 9.21. The lowest BCUT2D eigenvalue weighted by atomic mass is 9.79. The monoisotopic (exact) mass is 276 g/mol. The molecule has 1 aromatic heterocycles. The molecule has 1 fully saturated rings. The number of nitrogens with zero attached hydrogens (tertiary/aromatic N) is 3. The Morgan fingerprint density at radius 1 is 1.25 bits per heavy atom. The van der Waals surface area contributed by atoms with Crippen LogP contribution in [0.5, 0.6) is 0 Å². The molecule has 2 heterocycles. The first-order valence-electron chi connectivity index (χ1n) is 6.98. The quantitative estimate of drug-likeness (QED) is 0.740. The van der Waals surface area contributed by atoms with Crippen molar-refractivity contribution in [1.82, 2.24) is 15.5 Å². The van der Waals surface area contributed by atoms with Gasteiger partial charge in [0.1, 0.15) is 5.69 Å². The fraction of sp³-hybridized carbons (Fsp3) is 0.714. The second-order valence-electron chi connectivity index (χ2n) is 6.97. The van der Waals surface area contributed by atoms with Crippen LogP contribution in [0.2, 0.25) is 0 Å². The van der Waals surface area contributed by atoms with Gasteiger partial charge in [-0.1, -0.05) is 0 Å². The van der Waals surface area contributed by atoms with E-state index in [-0.39, 0.29) is 11.1 Å². The average Bonchev–Trinajstić information content (AvgIpc) is 2.27. The van der Waals surface area contributed by atoms with E-state index in [9.17, 15) is 0 Å². The summed E-state index contributed by atoms with van der Waals surface area (Å²) in [5.41, 5.74) is 8.71. The van der Waals surface area contributed by atoms with Crippen LogP contribution in [0.1, 0.15) is 46.2 Å². The number of hydrogen-bond donors (Lipinski definition) is 3. The molecule has 6 nitrogen and oxygen atoms in total. The molecule has 1 saturated heterocycles. The SMILES string of the molecule is Cc1cc(N=N)c(NC2CC(C)(C)NC(C)(C)C2)nn1. The third-order valence-corrected chi connectivity index (χ3v) is 3.55. The van der Waals surface area contributed by atoms with E-state index in [2.05, 4.69) is 53.6 Å². The van der Waals surface area contributed by atoms with Crippen molar-refractivity contribution in [3.05, 3.63) is 11.8 Å². The molecule has 3 N–H and O–H groups in total. The topological polar surface area (TPSA) is 86.0 Å². The third kappa shape index (κ3) is 3.50. The summed E-state index contributed by atoms with van der Waals surface area (Å²) in [7, 11) is 0. The summed E-state index contributed by atoms with van der Waals surface area (Å²) in [5, 5.41) is 18.8. The van der Waals surface area contributed by atoms with Crippen molar-refractivity contribution in [3.8, 4) is 0 Å². The van der Waals surface area contributed by atoms with E-state index in [4.69, 9.17) is 5.53 Å². The molecule has 20 heavy (non-hydrogen) atoms. The van der Waals surface area contributed by atoms with Crippen molar-refractivity contribution in [1.29, 1.82) is 5.53 Å². The molecule has 0 spiro atoms. The Labute approximate surface area is 120 Å². The predicted octanol–water partition coefficient (Wildman–Crippen LogP) is 3.17. The Morgan fingerprint density at radius 2 is 1.85 bits per heavy atom. The van der Waals surface area contributed by atoms with Gasteiger partial charge in [-0.3, -0.25) is 0 Å². The van der Waals surface area contributed by atoms with Crippen molar-refractivity contribution >= 4 is 11.5 Å². The van der Waals surface area contributed by atoms with Crippen LogP contribution in [0, 0.1) is 12.5 Å². The number of aryl methyl sites for hydroxylation is 1. The van der Waals surface area contributed by atoms with Crippen LogP contribution in [0.3, 0.4) is 0 Å². The Kier molecular flexibility index (Phi) is 3.77. The molecule has 110 valence electrons. The maximum absolute atomic E-state index is 7.26. The highest BCUT2D eigenvalue weighted by Crippen LogP contribution is 2.32. The summed E-state index contributed by atoms with van der Waals surface area (Å²) in [6.07, 6.45) is 1.98. The van der Waals surface area contributed by atoms with E-state index in [0.29, 0.717) is 17.5 Å². The van der Waals surface area contributed by atoms with Crippen LogP contribution in [0.15, 0.2) is 11.2 Å². The van der Waals surface area contributed by atoms with Gasteiger partial charge in [0.05, 0.1) is 5.69 Å². The number of rotatable bonds is 3. The van der Waals surface area contributed by atoms with Gasteiger partial charge < -0.3 is 10.6 Å². The zero-order valence-corrected chi connectivity index (χ0v) is 12.9. The molecule has 0 radical (unpaired) electrons. The number of piperidine rings is 1. The van der Waals surface area contributed by atoms with Crippen LogP contribution in [-0.2, 0) is 0 Å². The highest BCUT2D eigenvalue weighted by molar-refractivity contribution is 5.59. The van der Waals surface area contributed by atoms with Gasteiger partial charge in [-0.15, -0.1) is 5.10 Å². The van der Waals surface area contributed by atoms with Crippen LogP contribution >= 0.6 is 0 Å². The highest BCUT2D eigenvalue weighted by Gasteiger charge is 2.37. The second kappa shape index (κ2) is 5.09. The fourth-order valence-electron chi connectivity index (χ4n) is 3.28. The number of nitrogens with one attached hydrogen (secondary N) is 3. The van der Waals surface area contributed by atoms with Crippen LogP contribution in [0.4, 0.5) is 11.5 Å². The van der Waals surface area contributed by atoms with E-state index in [1.54, 1.807) is 6.07 Å². The number of anilines is 1. The van der Waals surface area contributed by atoms with Gasteiger partial charge in [-0.05, 0) is 53.5 Å². The molecule has 0 saturated carbocycles. The summed E-state index contributed by atoms with van der Waals surface area (Å²) in [6.45, 7) is 10.7. The minimum absolute atomic E-state index is 0.0653. The standard InChI is InChI=1S/C14H24N6/c1-9-6-11(17-15)12(19-18-9)16-10-7-13(2,3)20-14(4,5)8-10/h6,10,15,20H,7-8H2,1-5H3,(H,16,19). The van der Waals surface area contributed by atoms with E-state index in [1.807, 2.05) is 6.92 Å². The molecule has 1 aliphatic rings. The Morgan fingerprint density at radius 3 is 2.40 bits per heavy atom. The molecule has 0 aromatic carbocycles. The molecule has 0 aliphatic carbocycles. The molecule has 1 aromatic rings. The fourth-order valence-corrected chi connectivity index (χ4v) is 3.28. The van der Waals surface area contributed by atoms with E-state index >= 15 is 0 Å². The highest BCUT2D eigenvalue weighted by atomic mass is 15.2. The van der Waals surface area contributed by atoms with Crippen molar-refractivity contribution in [3.63, 3.8) is 0 Å². The van der Waals surface area contributed by atoms with Crippen molar-refractivity contribution < 1.29 is 0 Å². The Hall–Kier alpha value is -1.56. The van der Waals surface area contributed by atoms with Crippen LogP contribution in [0.25, 0.3) is 0 Å². The minimum Gasteiger partial charge on any atom is -0.364 e. The lowest BCUT2D eigenvalue weighted by Gasteiger charge is -2.46. The number of aromatic nitrogens is 2. The van der Waals surface area contributed by atoms with Gasteiger partial charge in [0.2, 0.25) is 0 Å². The third-order valence-electron chi connectivity index (χ3n) is 3.55. The summed E-state index contributed by atoms with van der Waals surface area (Å²) >= 11 is 0. The zero-order valence-electron chi connectivity index (χ0n) is 12.9. The molecule has 0 amide bonds. The average molecular weight is 276 g/mol. The Balaban J connectivity index is 2.19. The normalized spacial score (nSPS) is 21.4. The van der Waals surface area contributed by atoms with E-state index in [0.717, 1.165) is 18.5 Å². The predicted molar refractivity (Wildman–Crippen MR) is 79.5 cm³/mol. The lowest BCUT2D eigenvalue weighted by molar-refractivity contribution is 0.170. The van der Waals surface area contributed by atoms with E-state index in [1.165, 1.54) is 0 Å². The zero-order chi connectivity index (χ0) is 15.0. The molecular weight excluding hydrogens is 252 g/mol. The van der Waals surface area contributed by atoms with Crippen molar-refractivity contribution in [2.75, 3.05) is 5.32 Å². The van der Waals surface area contributed by atoms with Crippen molar-refractivity contribution in [2.45, 2.75) is 64.6 Å². The molecule has 0 atom stereocenters. The molecule has 0 unspecified atom stereocenters. The number of hydrogen-bond acceptors (Lipinski definition) is 6. The van der Waals surface area contributed by atoms with Gasteiger partial charge in [0.15, 0.2) is 5.82 Å². The van der Waals surface area contributed by atoms with Crippen molar-refractivity contribution in [2.24, 2.45) is 5.11 Å². The van der Waals surface area contributed by atoms with Gasteiger partial charge in [-0.2, -0.15) is 10.2 Å². The summed E-state index contributed by atoms with van der Waals surface area (Å²) in [5.74, 6) is 0.601. The summed E-state index contributed by atoms with van der Waals surface area (Å²) in [6, 6.07) is 2.07. The van der Waals surface area contributed by atoms with E-state index < -0.39 is 0 Å². The maximum Gasteiger partial charge on any atom is 0.176 e. The Bertz CT molecular complexity index is 492. The first kappa shape index (κ1) is 14.8. The molecule has 0 bridgehead atoms. The largest absolute Gasteiger partial charge is 0.364 e. The van der Waals surface area contributed by atoms with Gasteiger partial charge in [0.25, 0.3) is 0 Å². The minimum atomic E-state index is 0.0653. The van der Waals surface area contributed by atoms with Crippen LogP contribution in [-0.4, -0.2) is 27.3 Å². The van der Waals surface area contributed by atoms with Gasteiger partial charge >= 0.3 is 0 Å². The molecular formula is C14H24N6. The summed E-state index contributed by atoms with van der Waals surface area (Å²) in [4.78, 5) is 0. The molecule has 2 rings (SSSR count). The summed E-state index contributed by atoms with van der Waals surface area (Å²) < 4.78 is 0. The second-order valence-corrected chi connectivity index (χ2v) is 6.97. The van der Waals surface area contributed by atoms with Gasteiger partial charge in [-0.25, -0.2) is 5.53 Å². The maximum atomic E-state index is 7.26. The molecule has 1 aliphatic heterocycles. The smallest absolute Gasteiger partial charge is 0.176 e. The van der Waals surface area contributed by atoms with Crippen LogP contribution < -0.4 is 10.6 Å². The molecule has 6 heteroatoms. The lowest BCUT2D eigenvalue weighted by Crippen LogP contribution is -2.60.